The summed E-state index contributed by atoms with van der Waals surface area (Å²) in [6.07, 6.45) is 6.77. The first-order valence-corrected chi connectivity index (χ1v) is 21.5. The van der Waals surface area contributed by atoms with Crippen molar-refractivity contribution in [2.45, 2.75) is 46.8 Å². The highest BCUT2D eigenvalue weighted by molar-refractivity contribution is 9.10. The van der Waals surface area contributed by atoms with Crippen molar-refractivity contribution in [1.82, 2.24) is 28.9 Å². The van der Waals surface area contributed by atoms with E-state index in [9.17, 15) is 4.39 Å². The monoisotopic (exact) mass is 875 g/mol. The minimum Gasteiger partial charge on any atom is -0.351 e. The maximum absolute atomic E-state index is 13.7. The molecule has 0 aliphatic rings. The van der Waals surface area contributed by atoms with Gasteiger partial charge in [-0.25, -0.2) is 19.0 Å². The third-order valence-electron chi connectivity index (χ3n) is 10.2. The molecular weight excluding hydrogens is 830 g/mol. The smallest absolute Gasteiger partial charge is 0.204 e. The first-order chi connectivity index (χ1) is 29.2. The predicted molar refractivity (Wildman–Crippen MR) is 252 cm³/mol. The number of rotatable bonds is 11. The van der Waals surface area contributed by atoms with Crippen molar-refractivity contribution in [1.29, 1.82) is 0 Å². The lowest BCUT2D eigenvalue weighted by Gasteiger charge is -2.08. The van der Waals surface area contributed by atoms with Crippen molar-refractivity contribution < 1.29 is 4.39 Å². The van der Waals surface area contributed by atoms with Gasteiger partial charge in [-0.1, -0.05) is 102 Å². The molecule has 0 radical (unpaired) electrons. The SMILES string of the molecule is C=C(CC)c1cccc(Br)c1.C=CCn1c(NCc2cn(-c3ccccc3)nc2-c2cccs2)nc2ccccc21.Cc1cc2ncn(Cc3ccccc3F)c2cc1C. The quantitative estimate of drug-likeness (QED) is 0.131. The van der Waals surface area contributed by atoms with Crippen LogP contribution in [-0.2, 0) is 19.6 Å². The predicted octanol–water partition coefficient (Wildman–Crippen LogP) is 13.5. The zero-order valence-electron chi connectivity index (χ0n) is 34.0. The molecule has 0 aliphatic heterocycles. The second-order valence-corrected chi connectivity index (χ2v) is 16.2. The van der Waals surface area contributed by atoms with Gasteiger partial charge in [-0.3, -0.25) is 0 Å². The first-order valence-electron chi connectivity index (χ1n) is 19.8. The van der Waals surface area contributed by atoms with Crippen molar-refractivity contribution in [3.05, 3.63) is 203 Å². The molecule has 0 bridgehead atoms. The summed E-state index contributed by atoms with van der Waals surface area (Å²) in [5.74, 6) is 0.661. The van der Waals surface area contributed by atoms with Gasteiger partial charge in [0.15, 0.2) is 0 Å². The highest BCUT2D eigenvalue weighted by Gasteiger charge is 2.16. The van der Waals surface area contributed by atoms with E-state index in [0.717, 1.165) is 60.7 Å². The Labute approximate surface area is 363 Å². The molecule has 10 heteroatoms. The molecule has 7 nitrogen and oxygen atoms in total. The molecule has 9 rings (SSSR count). The molecule has 0 saturated carbocycles. The molecule has 0 aliphatic carbocycles. The molecule has 0 unspecified atom stereocenters. The molecule has 0 saturated heterocycles. The lowest BCUT2D eigenvalue weighted by Crippen LogP contribution is -2.07. The number of thiophene rings is 1. The highest BCUT2D eigenvalue weighted by Crippen LogP contribution is 2.29. The third-order valence-corrected chi connectivity index (χ3v) is 11.5. The number of para-hydroxylation sites is 3. The number of hydrogen-bond acceptors (Lipinski definition) is 5. The van der Waals surface area contributed by atoms with Gasteiger partial charge in [-0.2, -0.15) is 5.10 Å². The number of aromatic nitrogens is 6. The highest BCUT2D eigenvalue weighted by atomic mass is 79.9. The van der Waals surface area contributed by atoms with E-state index < -0.39 is 0 Å². The van der Waals surface area contributed by atoms with Crippen LogP contribution in [0, 0.1) is 19.7 Å². The molecule has 1 N–H and O–H groups in total. The fraction of sp³-hybridized carbons (Fsp3) is 0.140. The largest absolute Gasteiger partial charge is 0.351 e. The number of aryl methyl sites for hydroxylation is 2. The maximum atomic E-state index is 13.7. The Morgan fingerprint density at radius 2 is 1.60 bits per heavy atom. The fourth-order valence-corrected chi connectivity index (χ4v) is 7.88. The van der Waals surface area contributed by atoms with E-state index in [1.54, 1.807) is 23.7 Å². The summed E-state index contributed by atoms with van der Waals surface area (Å²) in [6, 6.07) is 41.8. The Morgan fingerprint density at radius 1 is 0.833 bits per heavy atom. The normalized spacial score (nSPS) is 10.8. The Morgan fingerprint density at radius 3 is 2.35 bits per heavy atom. The number of anilines is 1. The second kappa shape index (κ2) is 19.6. The van der Waals surface area contributed by atoms with Crippen LogP contribution in [0.5, 0.6) is 0 Å². The molecule has 4 heterocycles. The number of halogens is 2. The van der Waals surface area contributed by atoms with E-state index in [4.69, 9.17) is 10.1 Å². The molecule has 4 aromatic heterocycles. The van der Waals surface area contributed by atoms with Crippen molar-refractivity contribution in [2.24, 2.45) is 0 Å². The van der Waals surface area contributed by atoms with Crippen molar-refractivity contribution >= 4 is 60.9 Å². The summed E-state index contributed by atoms with van der Waals surface area (Å²) in [6.45, 7) is 16.0. The van der Waals surface area contributed by atoms with Crippen LogP contribution >= 0.6 is 27.3 Å². The topological polar surface area (TPSA) is 65.5 Å². The Balaban J connectivity index is 0.000000154. The van der Waals surface area contributed by atoms with Gasteiger partial charge in [-0.15, -0.1) is 17.9 Å². The molecule has 0 atom stereocenters. The lowest BCUT2D eigenvalue weighted by molar-refractivity contribution is 0.601. The van der Waals surface area contributed by atoms with Crippen LogP contribution in [0.1, 0.15) is 41.2 Å². The lowest BCUT2D eigenvalue weighted by atomic mass is 10.1. The molecule has 60 heavy (non-hydrogen) atoms. The van der Waals surface area contributed by atoms with E-state index >= 15 is 0 Å². The summed E-state index contributed by atoms with van der Waals surface area (Å²) in [7, 11) is 0. The van der Waals surface area contributed by atoms with Gasteiger partial charge < -0.3 is 14.5 Å². The zero-order chi connectivity index (χ0) is 42.0. The van der Waals surface area contributed by atoms with Gasteiger partial charge in [-0.05, 0) is 109 Å². The van der Waals surface area contributed by atoms with Crippen LogP contribution < -0.4 is 5.32 Å². The van der Waals surface area contributed by atoms with Gasteiger partial charge in [0.1, 0.15) is 11.5 Å². The molecule has 0 fully saturated rings. The van der Waals surface area contributed by atoms with Crippen LogP contribution in [0.15, 0.2) is 169 Å². The summed E-state index contributed by atoms with van der Waals surface area (Å²) >= 11 is 5.12. The minimum absolute atomic E-state index is 0.173. The number of imidazole rings is 2. The summed E-state index contributed by atoms with van der Waals surface area (Å²) in [5.41, 5.74) is 12.8. The number of allylic oxidation sites excluding steroid dienone is 2. The van der Waals surface area contributed by atoms with Crippen LogP contribution in [0.2, 0.25) is 0 Å². The van der Waals surface area contributed by atoms with Gasteiger partial charge >= 0.3 is 0 Å². The van der Waals surface area contributed by atoms with Crippen LogP contribution in [0.25, 0.3) is 43.9 Å². The summed E-state index contributed by atoms with van der Waals surface area (Å²) in [4.78, 5) is 10.3. The minimum atomic E-state index is -0.173. The number of fused-ring (bicyclic) bond motifs is 2. The van der Waals surface area contributed by atoms with Crippen LogP contribution in [0.3, 0.4) is 0 Å². The molecule has 9 aromatic rings. The van der Waals surface area contributed by atoms with Crippen LogP contribution in [0.4, 0.5) is 10.3 Å². The fourth-order valence-electron chi connectivity index (χ4n) is 6.73. The van der Waals surface area contributed by atoms with E-state index in [1.165, 1.54) is 28.3 Å². The summed E-state index contributed by atoms with van der Waals surface area (Å²) in [5, 5.41) is 10.5. The van der Waals surface area contributed by atoms with Crippen molar-refractivity contribution in [3.8, 4) is 16.3 Å². The van der Waals surface area contributed by atoms with Gasteiger partial charge in [0.2, 0.25) is 5.95 Å². The van der Waals surface area contributed by atoms with Gasteiger partial charge in [0.05, 0.1) is 45.5 Å². The van der Waals surface area contributed by atoms with Crippen molar-refractivity contribution in [2.75, 3.05) is 5.32 Å². The number of nitrogens with one attached hydrogen (secondary N) is 1. The van der Waals surface area contributed by atoms with E-state index in [-0.39, 0.29) is 5.82 Å². The maximum Gasteiger partial charge on any atom is 0.204 e. The van der Waals surface area contributed by atoms with E-state index in [1.807, 2.05) is 76.0 Å². The molecular formula is C50H47BrFN7S. The van der Waals surface area contributed by atoms with E-state index in [0.29, 0.717) is 25.2 Å². The molecule has 0 spiro atoms. The van der Waals surface area contributed by atoms with Crippen LogP contribution in [-0.4, -0.2) is 28.9 Å². The zero-order valence-corrected chi connectivity index (χ0v) is 36.4. The molecule has 0 amide bonds. The second-order valence-electron chi connectivity index (χ2n) is 14.3. The average molecular weight is 877 g/mol. The van der Waals surface area contributed by atoms with Crippen molar-refractivity contribution in [3.63, 3.8) is 0 Å². The van der Waals surface area contributed by atoms with Gasteiger partial charge in [0.25, 0.3) is 0 Å². The Hall–Kier alpha value is -6.36. The first kappa shape index (κ1) is 41.8. The number of benzene rings is 5. The third kappa shape index (κ3) is 9.90. The van der Waals surface area contributed by atoms with E-state index in [2.05, 4.69) is 131 Å². The number of nitrogens with zero attached hydrogens (tertiary/aromatic N) is 6. The molecule has 5 aromatic carbocycles. The van der Waals surface area contributed by atoms with Gasteiger partial charge in [0, 0.05) is 34.9 Å². The summed E-state index contributed by atoms with van der Waals surface area (Å²) < 4.78 is 20.9. The number of hydrogen-bond donors (Lipinski definition) is 1. The Kier molecular flexibility index (Phi) is 13.6. The Bertz CT molecular complexity index is 2850. The standard InChI is InChI=1S/C24H21N5S.C16H15FN2.C10H11Br/c1-2-14-28-21-12-7-6-11-20(21)26-24(28)25-16-18-17-29(19-9-4-3-5-10-19)27-23(18)22-13-8-15-30-22;1-11-7-15-16(8-12(11)2)19(10-18-15)9-13-5-3-4-6-14(13)17;1-3-8(2)9-5-4-6-10(11)7-9/h2-13,15,17H,1,14,16H2,(H,25,26);3-8,10H,9H2,1-2H3;4-7H,2-3H2,1H3. The average Bonchev–Trinajstić information content (AvgIpc) is 4.09. The molecule has 302 valence electrons.